The van der Waals surface area contributed by atoms with Gasteiger partial charge in [-0.3, -0.25) is 0 Å². The number of hydrogen-bond acceptors (Lipinski definition) is 3. The van der Waals surface area contributed by atoms with Crippen LogP contribution in [-0.2, 0) is 0 Å². The first-order chi connectivity index (χ1) is 9.63. The fourth-order valence-electron chi connectivity index (χ4n) is 2.38. The van der Waals surface area contributed by atoms with Gasteiger partial charge in [-0.25, -0.2) is 4.79 Å². The van der Waals surface area contributed by atoms with Crippen LogP contribution >= 0.6 is 0 Å². The largest absolute Gasteiger partial charge is 0.497 e. The van der Waals surface area contributed by atoms with Gasteiger partial charge in [0.25, 0.3) is 0 Å². The summed E-state index contributed by atoms with van der Waals surface area (Å²) < 4.78 is 10.6. The minimum Gasteiger partial charge on any atom is -0.497 e. The van der Waals surface area contributed by atoms with Crippen LogP contribution in [0.15, 0.2) is 30.3 Å². The number of aromatic carboxylic acids is 1. The van der Waals surface area contributed by atoms with Crippen LogP contribution in [0.4, 0.5) is 0 Å². The van der Waals surface area contributed by atoms with Gasteiger partial charge in [0.15, 0.2) is 0 Å². The van der Waals surface area contributed by atoms with Gasteiger partial charge in [-0.1, -0.05) is 0 Å². The summed E-state index contributed by atoms with van der Waals surface area (Å²) in [5.41, 5.74) is 1.95. The molecule has 0 saturated carbocycles. The molecule has 0 fully saturated rings. The smallest absolute Gasteiger partial charge is 0.335 e. The molecule has 0 atom stereocenters. The maximum Gasteiger partial charge on any atom is 0.335 e. The number of ether oxygens (including phenoxy) is 2. The molecule has 1 heterocycles. The van der Waals surface area contributed by atoms with E-state index in [1.807, 2.05) is 6.07 Å². The standard InChI is InChI=1S/C15H13NO4/c1-19-9-6-12-14(13(7-9)20-2)10-5-8(15(17)18)3-4-11(10)16-12/h3-7,16H,1-2H3,(H,17,18). The third-order valence-corrected chi connectivity index (χ3v) is 3.34. The fourth-order valence-corrected chi connectivity index (χ4v) is 2.38. The third kappa shape index (κ3) is 1.75. The monoisotopic (exact) mass is 271 g/mol. The molecule has 3 rings (SSSR count). The van der Waals surface area contributed by atoms with Gasteiger partial charge in [-0.2, -0.15) is 0 Å². The summed E-state index contributed by atoms with van der Waals surface area (Å²) in [5, 5.41) is 10.8. The van der Waals surface area contributed by atoms with Crippen LogP contribution in [0, 0.1) is 0 Å². The molecule has 2 aromatic carbocycles. The van der Waals surface area contributed by atoms with E-state index in [-0.39, 0.29) is 5.56 Å². The number of fused-ring (bicyclic) bond motifs is 3. The zero-order valence-electron chi connectivity index (χ0n) is 11.1. The molecule has 0 aliphatic carbocycles. The van der Waals surface area contributed by atoms with Crippen LogP contribution in [0.1, 0.15) is 10.4 Å². The third-order valence-electron chi connectivity index (χ3n) is 3.34. The van der Waals surface area contributed by atoms with Crippen LogP contribution in [0.3, 0.4) is 0 Å². The zero-order chi connectivity index (χ0) is 14.3. The van der Waals surface area contributed by atoms with E-state index < -0.39 is 5.97 Å². The normalized spacial score (nSPS) is 10.9. The lowest BCUT2D eigenvalue weighted by molar-refractivity contribution is 0.0697. The lowest BCUT2D eigenvalue weighted by atomic mass is 10.1. The van der Waals surface area contributed by atoms with E-state index in [0.29, 0.717) is 11.5 Å². The molecular weight excluding hydrogens is 258 g/mol. The van der Waals surface area contributed by atoms with Crippen molar-refractivity contribution in [3.05, 3.63) is 35.9 Å². The predicted molar refractivity (Wildman–Crippen MR) is 75.9 cm³/mol. The Balaban J connectivity index is 2.41. The van der Waals surface area contributed by atoms with E-state index in [1.165, 1.54) is 0 Å². The van der Waals surface area contributed by atoms with Gasteiger partial charge in [0.05, 0.1) is 25.3 Å². The highest BCUT2D eigenvalue weighted by Crippen LogP contribution is 2.36. The SMILES string of the molecule is COc1cc(OC)c2c(c1)[nH]c1ccc(C(=O)O)cc12. The Morgan fingerprint density at radius 2 is 1.90 bits per heavy atom. The van der Waals surface area contributed by atoms with Crippen LogP contribution < -0.4 is 9.47 Å². The first-order valence-electron chi connectivity index (χ1n) is 6.05. The average molecular weight is 271 g/mol. The second-order valence-corrected chi connectivity index (χ2v) is 4.44. The highest BCUT2D eigenvalue weighted by Gasteiger charge is 2.13. The Kier molecular flexibility index (Phi) is 2.75. The topological polar surface area (TPSA) is 71.5 Å². The molecule has 0 aliphatic heterocycles. The number of benzene rings is 2. The number of carboxylic acids is 1. The first kappa shape index (κ1) is 12.3. The molecule has 20 heavy (non-hydrogen) atoms. The lowest BCUT2D eigenvalue weighted by Crippen LogP contribution is -1.94. The Morgan fingerprint density at radius 1 is 1.10 bits per heavy atom. The summed E-state index contributed by atoms with van der Waals surface area (Å²) in [6.45, 7) is 0. The van der Waals surface area contributed by atoms with Crippen molar-refractivity contribution in [1.29, 1.82) is 0 Å². The van der Waals surface area contributed by atoms with E-state index in [4.69, 9.17) is 14.6 Å². The number of carboxylic acid groups (broad SMARTS) is 1. The van der Waals surface area contributed by atoms with Crippen LogP contribution in [0.25, 0.3) is 21.8 Å². The van der Waals surface area contributed by atoms with Crippen molar-refractivity contribution in [3.63, 3.8) is 0 Å². The van der Waals surface area contributed by atoms with Gasteiger partial charge in [0.2, 0.25) is 0 Å². The van der Waals surface area contributed by atoms with Crippen molar-refractivity contribution in [1.82, 2.24) is 4.98 Å². The minimum absolute atomic E-state index is 0.247. The van der Waals surface area contributed by atoms with Crippen LogP contribution in [-0.4, -0.2) is 30.3 Å². The van der Waals surface area contributed by atoms with E-state index in [2.05, 4.69) is 4.98 Å². The Hall–Kier alpha value is -2.69. The van der Waals surface area contributed by atoms with Gasteiger partial charge in [-0.05, 0) is 18.2 Å². The van der Waals surface area contributed by atoms with Crippen LogP contribution in [0.5, 0.6) is 11.5 Å². The van der Waals surface area contributed by atoms with Crippen molar-refractivity contribution in [2.24, 2.45) is 0 Å². The van der Waals surface area contributed by atoms with E-state index in [0.717, 1.165) is 21.8 Å². The minimum atomic E-state index is -0.950. The number of methoxy groups -OCH3 is 2. The summed E-state index contributed by atoms with van der Waals surface area (Å²) in [4.78, 5) is 14.3. The Labute approximate surface area is 114 Å². The van der Waals surface area contributed by atoms with Crippen molar-refractivity contribution < 1.29 is 19.4 Å². The molecule has 0 saturated heterocycles. The molecular formula is C15H13NO4. The van der Waals surface area contributed by atoms with Crippen molar-refractivity contribution in [2.45, 2.75) is 0 Å². The van der Waals surface area contributed by atoms with Crippen molar-refractivity contribution in [3.8, 4) is 11.5 Å². The summed E-state index contributed by atoms with van der Waals surface area (Å²) in [6.07, 6.45) is 0. The Bertz CT molecular complexity index is 819. The highest BCUT2D eigenvalue weighted by atomic mass is 16.5. The number of H-pyrrole nitrogens is 1. The van der Waals surface area contributed by atoms with Gasteiger partial charge in [0, 0.05) is 28.4 Å². The molecule has 1 aromatic heterocycles. The quantitative estimate of drug-likeness (QED) is 0.768. The van der Waals surface area contributed by atoms with Gasteiger partial charge in [-0.15, -0.1) is 0 Å². The van der Waals surface area contributed by atoms with Crippen molar-refractivity contribution >= 4 is 27.8 Å². The molecule has 0 bridgehead atoms. The van der Waals surface area contributed by atoms with Crippen LogP contribution in [0.2, 0.25) is 0 Å². The molecule has 0 unspecified atom stereocenters. The van der Waals surface area contributed by atoms with E-state index in [9.17, 15) is 4.79 Å². The summed E-state index contributed by atoms with van der Waals surface area (Å²) in [5.74, 6) is 0.376. The summed E-state index contributed by atoms with van der Waals surface area (Å²) >= 11 is 0. The molecule has 0 aliphatic rings. The number of aromatic amines is 1. The molecule has 5 nitrogen and oxygen atoms in total. The molecule has 5 heteroatoms. The maximum atomic E-state index is 11.1. The second-order valence-electron chi connectivity index (χ2n) is 4.44. The fraction of sp³-hybridized carbons (Fsp3) is 0.133. The zero-order valence-corrected chi connectivity index (χ0v) is 11.1. The van der Waals surface area contributed by atoms with E-state index >= 15 is 0 Å². The van der Waals surface area contributed by atoms with Gasteiger partial charge < -0.3 is 19.6 Å². The Morgan fingerprint density at radius 3 is 2.55 bits per heavy atom. The van der Waals surface area contributed by atoms with Crippen molar-refractivity contribution in [2.75, 3.05) is 14.2 Å². The molecule has 2 N–H and O–H groups in total. The number of nitrogens with one attached hydrogen (secondary N) is 1. The van der Waals surface area contributed by atoms with E-state index in [1.54, 1.807) is 38.5 Å². The molecule has 0 spiro atoms. The highest BCUT2D eigenvalue weighted by molar-refractivity contribution is 6.12. The summed E-state index contributed by atoms with van der Waals surface area (Å²) in [7, 11) is 3.17. The average Bonchev–Trinajstić information content (AvgIpc) is 2.83. The number of rotatable bonds is 3. The van der Waals surface area contributed by atoms with Gasteiger partial charge in [0.1, 0.15) is 11.5 Å². The lowest BCUT2D eigenvalue weighted by Gasteiger charge is -2.06. The number of aromatic nitrogens is 1. The molecule has 3 aromatic rings. The molecule has 0 amide bonds. The molecule has 102 valence electrons. The molecule has 0 radical (unpaired) electrons. The maximum absolute atomic E-state index is 11.1. The predicted octanol–water partition coefficient (Wildman–Crippen LogP) is 3.04. The second kappa shape index (κ2) is 4.45. The van der Waals surface area contributed by atoms with Gasteiger partial charge >= 0.3 is 5.97 Å². The first-order valence-corrected chi connectivity index (χ1v) is 6.05. The number of hydrogen-bond donors (Lipinski definition) is 2. The summed E-state index contributed by atoms with van der Waals surface area (Å²) in [6, 6.07) is 8.61. The number of carbonyl (C=O) groups is 1.